The predicted molar refractivity (Wildman–Crippen MR) is 187 cm³/mol. The largest absolute Gasteiger partial charge is 0.265 e. The molecule has 0 saturated carbocycles. The molecule has 0 fully saturated rings. The van der Waals surface area contributed by atoms with E-state index in [2.05, 4.69) is 84.7 Å². The second-order valence-corrected chi connectivity index (χ2v) is 11.5. The van der Waals surface area contributed by atoms with Crippen LogP contribution >= 0.6 is 0 Å². The molecule has 0 N–H and O–H groups in total. The molecule has 218 valence electrons. The lowest BCUT2D eigenvalue weighted by atomic mass is 9.99. The highest BCUT2D eigenvalue weighted by Crippen LogP contribution is 2.32. The minimum Gasteiger partial charge on any atom is -0.265 e. The Labute approximate surface area is 267 Å². The Hall–Kier alpha value is -6.07. The number of fused-ring (bicyclic) bond motifs is 3. The van der Waals surface area contributed by atoms with Crippen molar-refractivity contribution < 1.29 is 0 Å². The predicted octanol–water partition coefficient (Wildman–Crippen LogP) is 9.92. The van der Waals surface area contributed by atoms with E-state index in [1.165, 1.54) is 5.56 Å². The first-order valence-corrected chi connectivity index (χ1v) is 15.3. The average Bonchev–Trinajstić information content (AvgIpc) is 3.12. The van der Waals surface area contributed by atoms with Gasteiger partial charge in [0, 0.05) is 51.1 Å². The van der Waals surface area contributed by atoms with Gasteiger partial charge in [-0.25, -0.2) is 15.0 Å². The van der Waals surface area contributed by atoms with Crippen molar-refractivity contribution in [1.82, 2.24) is 24.9 Å². The summed E-state index contributed by atoms with van der Waals surface area (Å²) >= 11 is 0. The van der Waals surface area contributed by atoms with Gasteiger partial charge >= 0.3 is 0 Å². The van der Waals surface area contributed by atoms with Gasteiger partial charge in [0.2, 0.25) is 0 Å². The Bertz CT molecular complexity index is 2290. The molecule has 5 nitrogen and oxygen atoms in total. The highest BCUT2D eigenvalue weighted by molar-refractivity contribution is 6.04. The summed E-state index contributed by atoms with van der Waals surface area (Å²) in [4.78, 5) is 24.0. The lowest BCUT2D eigenvalue weighted by Crippen LogP contribution is -1.96. The third kappa shape index (κ3) is 5.18. The molecule has 4 aromatic heterocycles. The Kier molecular flexibility index (Phi) is 6.84. The summed E-state index contributed by atoms with van der Waals surface area (Å²) in [6, 6.07) is 43.9. The van der Waals surface area contributed by atoms with Gasteiger partial charge in [-0.3, -0.25) is 9.97 Å². The fraction of sp³-hybridized carbons (Fsp3) is 0.0488. The molecule has 0 spiro atoms. The fourth-order valence-corrected chi connectivity index (χ4v) is 5.93. The molecule has 46 heavy (non-hydrogen) atoms. The number of aromatic nitrogens is 5. The van der Waals surface area contributed by atoms with Crippen molar-refractivity contribution in [3.8, 4) is 56.3 Å². The summed E-state index contributed by atoms with van der Waals surface area (Å²) in [5.41, 5.74) is 13.1. The maximum atomic E-state index is 5.10. The summed E-state index contributed by atoms with van der Waals surface area (Å²) in [5.74, 6) is 0.695. The number of rotatable bonds is 5. The zero-order valence-electron chi connectivity index (χ0n) is 25.5. The summed E-state index contributed by atoms with van der Waals surface area (Å²) in [6.45, 7) is 4.17. The monoisotopic (exact) mass is 591 g/mol. The lowest BCUT2D eigenvalue weighted by molar-refractivity contribution is 1.18. The Balaban J connectivity index is 1.12. The standard InChI is InChI=1S/C41H29N5/c1-26-24-36(44-40-35(26)19-18-33-9-8-27(2)43-39(33)40)30-14-10-28(11-15-30)29-12-16-31(17-13-29)37-25-38(32-20-22-42-23-21-32)46-41(45-37)34-6-4-3-5-7-34/h3-25H,1-2H3. The summed E-state index contributed by atoms with van der Waals surface area (Å²) in [6.07, 6.45) is 3.58. The van der Waals surface area contributed by atoms with E-state index in [0.717, 1.165) is 78.0 Å². The molecule has 0 radical (unpaired) electrons. The van der Waals surface area contributed by atoms with Crippen LogP contribution < -0.4 is 0 Å². The van der Waals surface area contributed by atoms with Gasteiger partial charge in [0.15, 0.2) is 5.82 Å². The molecule has 0 aliphatic rings. The van der Waals surface area contributed by atoms with Crippen LogP contribution in [0.3, 0.4) is 0 Å². The molecule has 4 heterocycles. The van der Waals surface area contributed by atoms with Gasteiger partial charge in [-0.2, -0.15) is 0 Å². The van der Waals surface area contributed by atoms with Crippen molar-refractivity contribution in [1.29, 1.82) is 0 Å². The molecule has 0 atom stereocenters. The second-order valence-electron chi connectivity index (χ2n) is 11.5. The van der Waals surface area contributed by atoms with Gasteiger partial charge in [-0.15, -0.1) is 0 Å². The molecule has 4 aromatic carbocycles. The van der Waals surface area contributed by atoms with Crippen molar-refractivity contribution in [2.24, 2.45) is 0 Å². The summed E-state index contributed by atoms with van der Waals surface area (Å²) in [5, 5.41) is 2.24. The van der Waals surface area contributed by atoms with Gasteiger partial charge in [-0.05, 0) is 60.9 Å². The maximum absolute atomic E-state index is 5.10. The average molecular weight is 592 g/mol. The van der Waals surface area contributed by atoms with Crippen molar-refractivity contribution in [3.05, 3.63) is 151 Å². The number of benzene rings is 4. The van der Waals surface area contributed by atoms with Crippen LogP contribution in [0.4, 0.5) is 0 Å². The van der Waals surface area contributed by atoms with E-state index in [0.29, 0.717) is 5.82 Å². The van der Waals surface area contributed by atoms with E-state index in [1.54, 1.807) is 12.4 Å². The minimum atomic E-state index is 0.695. The molecule has 0 aliphatic heterocycles. The first-order valence-electron chi connectivity index (χ1n) is 15.3. The molecule has 0 bridgehead atoms. The van der Waals surface area contributed by atoms with Crippen LogP contribution in [0.25, 0.3) is 78.1 Å². The Morgan fingerprint density at radius 2 is 0.978 bits per heavy atom. The maximum Gasteiger partial charge on any atom is 0.160 e. The molecular formula is C41H29N5. The van der Waals surface area contributed by atoms with Crippen molar-refractivity contribution >= 4 is 21.8 Å². The van der Waals surface area contributed by atoms with E-state index < -0.39 is 0 Å². The molecule has 0 unspecified atom stereocenters. The second kappa shape index (κ2) is 11.5. The zero-order chi connectivity index (χ0) is 31.0. The van der Waals surface area contributed by atoms with Crippen LogP contribution in [0.5, 0.6) is 0 Å². The van der Waals surface area contributed by atoms with Gasteiger partial charge in [0.1, 0.15) is 0 Å². The van der Waals surface area contributed by atoms with Gasteiger partial charge in [-0.1, -0.05) is 97.1 Å². The smallest absolute Gasteiger partial charge is 0.160 e. The first-order chi connectivity index (χ1) is 22.6. The van der Waals surface area contributed by atoms with Gasteiger partial charge in [0.25, 0.3) is 0 Å². The Morgan fingerprint density at radius 1 is 0.413 bits per heavy atom. The van der Waals surface area contributed by atoms with Crippen LogP contribution in [-0.2, 0) is 0 Å². The quantitative estimate of drug-likeness (QED) is 0.186. The molecule has 8 aromatic rings. The number of hydrogen-bond donors (Lipinski definition) is 0. The summed E-state index contributed by atoms with van der Waals surface area (Å²) < 4.78 is 0. The lowest BCUT2D eigenvalue weighted by Gasteiger charge is -2.11. The SMILES string of the molecule is Cc1ccc2ccc3c(C)cc(-c4ccc(-c5ccc(-c6cc(-c7ccncc7)nc(-c7ccccc7)n6)cc5)cc4)nc3c2n1. The van der Waals surface area contributed by atoms with Crippen molar-refractivity contribution in [2.75, 3.05) is 0 Å². The van der Waals surface area contributed by atoms with E-state index in [1.807, 2.05) is 61.5 Å². The molecule has 0 aliphatic carbocycles. The van der Waals surface area contributed by atoms with Crippen LogP contribution in [0.15, 0.2) is 140 Å². The van der Waals surface area contributed by atoms with Gasteiger partial charge < -0.3 is 0 Å². The molecule has 0 amide bonds. The topological polar surface area (TPSA) is 64.5 Å². The van der Waals surface area contributed by atoms with E-state index >= 15 is 0 Å². The van der Waals surface area contributed by atoms with E-state index in [4.69, 9.17) is 19.9 Å². The molecule has 5 heteroatoms. The van der Waals surface area contributed by atoms with E-state index in [9.17, 15) is 0 Å². The number of nitrogens with zero attached hydrogens (tertiary/aromatic N) is 5. The third-order valence-corrected chi connectivity index (χ3v) is 8.41. The molecule has 0 saturated heterocycles. The summed E-state index contributed by atoms with van der Waals surface area (Å²) in [7, 11) is 0. The number of hydrogen-bond acceptors (Lipinski definition) is 5. The minimum absolute atomic E-state index is 0.695. The van der Waals surface area contributed by atoms with Crippen LogP contribution in [0.1, 0.15) is 11.3 Å². The highest BCUT2D eigenvalue weighted by Gasteiger charge is 2.12. The van der Waals surface area contributed by atoms with Crippen LogP contribution in [0.2, 0.25) is 0 Å². The highest BCUT2D eigenvalue weighted by atomic mass is 14.9. The normalized spacial score (nSPS) is 11.3. The third-order valence-electron chi connectivity index (χ3n) is 8.41. The number of pyridine rings is 3. The van der Waals surface area contributed by atoms with Crippen LogP contribution in [-0.4, -0.2) is 24.9 Å². The molecule has 8 rings (SSSR count). The Morgan fingerprint density at radius 3 is 1.63 bits per heavy atom. The first kappa shape index (κ1) is 27.5. The zero-order valence-corrected chi connectivity index (χ0v) is 25.5. The van der Waals surface area contributed by atoms with Crippen molar-refractivity contribution in [2.45, 2.75) is 13.8 Å². The fourth-order valence-electron chi connectivity index (χ4n) is 5.93. The number of aryl methyl sites for hydroxylation is 2. The molecular weight excluding hydrogens is 562 g/mol. The van der Waals surface area contributed by atoms with Gasteiger partial charge in [0.05, 0.1) is 28.1 Å². The van der Waals surface area contributed by atoms with Crippen molar-refractivity contribution in [3.63, 3.8) is 0 Å². The van der Waals surface area contributed by atoms with E-state index in [-0.39, 0.29) is 0 Å². The van der Waals surface area contributed by atoms with Crippen LogP contribution in [0, 0.1) is 13.8 Å².